The van der Waals surface area contributed by atoms with Crippen molar-refractivity contribution in [2.75, 3.05) is 27.2 Å². The van der Waals surface area contributed by atoms with Crippen LogP contribution < -0.4 is 0 Å². The van der Waals surface area contributed by atoms with E-state index in [0.29, 0.717) is 30.0 Å². The Balaban J connectivity index is 2.05. The van der Waals surface area contributed by atoms with Crippen LogP contribution in [0, 0.1) is 6.92 Å². The third kappa shape index (κ3) is 3.80. The zero-order chi connectivity index (χ0) is 19.6. The van der Waals surface area contributed by atoms with E-state index in [9.17, 15) is 14.7 Å². The summed E-state index contributed by atoms with van der Waals surface area (Å²) >= 11 is 0. The van der Waals surface area contributed by atoms with Crippen LogP contribution in [0.2, 0.25) is 0 Å². The van der Waals surface area contributed by atoms with Crippen LogP contribution in [0.25, 0.3) is 5.76 Å². The van der Waals surface area contributed by atoms with E-state index >= 15 is 0 Å². The Labute approximate surface area is 158 Å². The maximum atomic E-state index is 12.8. The lowest BCUT2D eigenvalue weighted by atomic mass is 9.99. The molecule has 0 unspecified atom stereocenters. The van der Waals surface area contributed by atoms with Gasteiger partial charge in [-0.2, -0.15) is 0 Å². The van der Waals surface area contributed by atoms with Crippen molar-refractivity contribution in [2.24, 2.45) is 0 Å². The number of rotatable bonds is 6. The number of hydrogen-bond acceptors (Lipinski definition) is 5. The van der Waals surface area contributed by atoms with Gasteiger partial charge in [0.15, 0.2) is 0 Å². The molecule has 0 radical (unpaired) electrons. The van der Waals surface area contributed by atoms with Crippen molar-refractivity contribution in [1.29, 1.82) is 0 Å². The average Bonchev–Trinajstić information content (AvgIpc) is 3.18. The number of hydrogen-bond donors (Lipinski definition) is 1. The van der Waals surface area contributed by atoms with Gasteiger partial charge in [0.25, 0.3) is 11.7 Å². The van der Waals surface area contributed by atoms with Gasteiger partial charge in [-0.1, -0.05) is 30.3 Å². The van der Waals surface area contributed by atoms with Crippen LogP contribution in [0.1, 0.15) is 29.5 Å². The maximum Gasteiger partial charge on any atom is 0.295 e. The second-order valence-corrected chi connectivity index (χ2v) is 6.96. The van der Waals surface area contributed by atoms with E-state index in [4.69, 9.17) is 4.42 Å². The monoisotopic (exact) mass is 368 g/mol. The van der Waals surface area contributed by atoms with Gasteiger partial charge in [0, 0.05) is 12.1 Å². The summed E-state index contributed by atoms with van der Waals surface area (Å²) in [4.78, 5) is 29.0. The van der Waals surface area contributed by atoms with E-state index in [0.717, 1.165) is 6.54 Å². The van der Waals surface area contributed by atoms with E-state index in [1.807, 2.05) is 25.1 Å². The number of nitrogens with zero attached hydrogens (tertiary/aromatic N) is 2. The van der Waals surface area contributed by atoms with Crippen LogP contribution in [-0.2, 0) is 9.59 Å². The van der Waals surface area contributed by atoms with Crippen molar-refractivity contribution >= 4 is 17.4 Å². The Morgan fingerprint density at radius 2 is 1.85 bits per heavy atom. The van der Waals surface area contributed by atoms with Gasteiger partial charge in [-0.25, -0.2) is 0 Å². The molecule has 1 aliphatic rings. The highest BCUT2D eigenvalue weighted by molar-refractivity contribution is 6.46. The van der Waals surface area contributed by atoms with Gasteiger partial charge in [0.2, 0.25) is 0 Å². The number of likely N-dealkylation sites (tertiary alicyclic amines) is 1. The fourth-order valence-corrected chi connectivity index (χ4v) is 3.32. The van der Waals surface area contributed by atoms with Gasteiger partial charge in [0.05, 0.1) is 5.57 Å². The molecule has 1 fully saturated rings. The number of aryl methyl sites for hydroxylation is 1. The number of ketones is 1. The molecule has 1 saturated heterocycles. The van der Waals surface area contributed by atoms with Crippen LogP contribution in [0.3, 0.4) is 0 Å². The Morgan fingerprint density at radius 3 is 2.44 bits per heavy atom. The molecule has 1 aromatic heterocycles. The van der Waals surface area contributed by atoms with Gasteiger partial charge in [0.1, 0.15) is 23.3 Å². The van der Waals surface area contributed by atoms with Crippen LogP contribution in [0.4, 0.5) is 0 Å². The summed E-state index contributed by atoms with van der Waals surface area (Å²) in [6, 6.07) is 11.6. The number of amides is 1. The van der Waals surface area contributed by atoms with Gasteiger partial charge in [-0.05, 0) is 46.1 Å². The molecule has 0 bridgehead atoms. The van der Waals surface area contributed by atoms with Gasteiger partial charge in [-0.3, -0.25) is 9.59 Å². The summed E-state index contributed by atoms with van der Waals surface area (Å²) in [6.07, 6.45) is 0.710. The predicted octanol–water partition coefficient (Wildman–Crippen LogP) is 2.96. The van der Waals surface area contributed by atoms with E-state index in [-0.39, 0.29) is 11.3 Å². The SMILES string of the molecule is Cc1ccc([C@H]2C(=C(O)c3ccccc3)C(=O)C(=O)N2CCCN(C)C)o1. The zero-order valence-corrected chi connectivity index (χ0v) is 15.8. The molecule has 1 atom stereocenters. The molecular weight excluding hydrogens is 344 g/mol. The lowest BCUT2D eigenvalue weighted by Crippen LogP contribution is -2.32. The lowest BCUT2D eigenvalue weighted by Gasteiger charge is -2.24. The molecule has 2 aromatic rings. The molecular formula is C21H24N2O4. The largest absolute Gasteiger partial charge is 0.507 e. The topological polar surface area (TPSA) is 74.0 Å². The number of furan rings is 1. The molecule has 1 amide bonds. The van der Waals surface area contributed by atoms with Crippen molar-refractivity contribution < 1.29 is 19.1 Å². The van der Waals surface area contributed by atoms with Crippen molar-refractivity contribution in [1.82, 2.24) is 9.80 Å². The molecule has 0 spiro atoms. The number of Topliss-reactive ketones (excluding diaryl/α,β-unsaturated/α-hetero) is 1. The number of carbonyl (C=O) groups is 2. The highest BCUT2D eigenvalue weighted by Gasteiger charge is 2.47. The molecule has 2 heterocycles. The summed E-state index contributed by atoms with van der Waals surface area (Å²) in [5.41, 5.74) is 0.572. The van der Waals surface area contributed by atoms with E-state index in [1.54, 1.807) is 43.3 Å². The number of aliphatic hydroxyl groups is 1. The summed E-state index contributed by atoms with van der Waals surface area (Å²) < 4.78 is 5.74. The Morgan fingerprint density at radius 1 is 1.15 bits per heavy atom. The maximum absolute atomic E-state index is 12.8. The Hall–Kier alpha value is -2.86. The second kappa shape index (κ2) is 7.80. The highest BCUT2D eigenvalue weighted by Crippen LogP contribution is 2.39. The predicted molar refractivity (Wildman–Crippen MR) is 102 cm³/mol. The average molecular weight is 368 g/mol. The van der Waals surface area contributed by atoms with Crippen molar-refractivity contribution in [2.45, 2.75) is 19.4 Å². The molecule has 0 aliphatic carbocycles. The second-order valence-electron chi connectivity index (χ2n) is 6.96. The first kappa shape index (κ1) is 18.9. The van der Waals surface area contributed by atoms with Gasteiger partial charge in [-0.15, -0.1) is 0 Å². The third-order valence-electron chi connectivity index (χ3n) is 4.62. The van der Waals surface area contributed by atoms with E-state index < -0.39 is 17.7 Å². The molecule has 3 rings (SSSR count). The molecule has 6 heteroatoms. The minimum absolute atomic E-state index is 0.0744. The fraction of sp³-hybridized carbons (Fsp3) is 0.333. The van der Waals surface area contributed by atoms with Crippen LogP contribution in [0.5, 0.6) is 0 Å². The van der Waals surface area contributed by atoms with Gasteiger partial charge >= 0.3 is 0 Å². The highest BCUT2D eigenvalue weighted by atomic mass is 16.3. The summed E-state index contributed by atoms with van der Waals surface area (Å²) in [5.74, 6) is -0.300. The molecule has 1 aromatic carbocycles. The normalized spacial score (nSPS) is 19.3. The van der Waals surface area contributed by atoms with Crippen LogP contribution in [0.15, 0.2) is 52.5 Å². The molecule has 0 saturated carbocycles. The minimum Gasteiger partial charge on any atom is -0.507 e. The number of aliphatic hydroxyl groups excluding tert-OH is 1. The Bertz CT molecular complexity index is 867. The number of benzene rings is 1. The van der Waals surface area contributed by atoms with Crippen molar-refractivity contribution in [3.05, 3.63) is 65.1 Å². The first-order chi connectivity index (χ1) is 12.9. The molecule has 1 N–H and O–H groups in total. The first-order valence-electron chi connectivity index (χ1n) is 8.95. The summed E-state index contributed by atoms with van der Waals surface area (Å²) in [7, 11) is 3.91. The molecule has 1 aliphatic heterocycles. The minimum atomic E-state index is -0.721. The van der Waals surface area contributed by atoms with Crippen LogP contribution in [-0.4, -0.2) is 53.8 Å². The Kier molecular flexibility index (Phi) is 5.46. The zero-order valence-electron chi connectivity index (χ0n) is 15.8. The summed E-state index contributed by atoms with van der Waals surface area (Å²) in [6.45, 7) is 2.99. The quantitative estimate of drug-likeness (QED) is 0.482. The fourth-order valence-electron chi connectivity index (χ4n) is 3.32. The summed E-state index contributed by atoms with van der Waals surface area (Å²) in [5, 5.41) is 10.8. The van der Waals surface area contributed by atoms with Crippen molar-refractivity contribution in [3.8, 4) is 0 Å². The van der Waals surface area contributed by atoms with Crippen LogP contribution >= 0.6 is 0 Å². The lowest BCUT2D eigenvalue weighted by molar-refractivity contribution is -0.140. The smallest absolute Gasteiger partial charge is 0.295 e. The standard InChI is InChI=1S/C21H24N2O4/c1-14-10-11-16(27-14)18-17(19(24)15-8-5-4-6-9-15)20(25)21(26)23(18)13-7-12-22(2)3/h4-6,8-11,18,24H,7,12-13H2,1-3H3/t18-/m0/s1. The molecule has 27 heavy (non-hydrogen) atoms. The third-order valence-corrected chi connectivity index (χ3v) is 4.62. The number of carbonyl (C=O) groups excluding carboxylic acids is 2. The first-order valence-corrected chi connectivity index (χ1v) is 8.95. The van der Waals surface area contributed by atoms with Crippen molar-refractivity contribution in [3.63, 3.8) is 0 Å². The molecule has 142 valence electrons. The van der Waals surface area contributed by atoms with Gasteiger partial charge < -0.3 is 19.3 Å². The van der Waals surface area contributed by atoms with E-state index in [1.165, 1.54) is 4.90 Å². The van der Waals surface area contributed by atoms with E-state index in [2.05, 4.69) is 0 Å². The molecule has 6 nitrogen and oxygen atoms in total.